The molecule has 19 heavy (non-hydrogen) atoms. The molecule has 2 heterocycles. The first-order valence-electron chi connectivity index (χ1n) is 7.02. The van der Waals surface area contributed by atoms with E-state index in [-0.39, 0.29) is 17.7 Å². The zero-order valence-electron chi connectivity index (χ0n) is 11.8. The molecule has 1 fully saturated rings. The Hall–Kier alpha value is -1.20. The Bertz CT molecular complexity index is 417. The Labute approximate surface area is 114 Å². The Morgan fingerprint density at radius 1 is 1.58 bits per heavy atom. The minimum Gasteiger partial charge on any atom is -0.379 e. The third-order valence-corrected chi connectivity index (χ3v) is 3.67. The van der Waals surface area contributed by atoms with E-state index in [1.54, 1.807) is 6.20 Å². The summed E-state index contributed by atoms with van der Waals surface area (Å²) in [4.78, 5) is 16.5. The number of hydrogen-bond acceptors (Lipinski definition) is 4. The highest BCUT2D eigenvalue weighted by Gasteiger charge is 2.32. The van der Waals surface area contributed by atoms with Crippen LogP contribution in [0, 0.1) is 5.92 Å². The molecular formula is C14H23N3O2. The fraction of sp³-hybridized carbons (Fsp3) is 0.714. The number of nitrogens with one attached hydrogen (secondary N) is 1. The van der Waals surface area contributed by atoms with E-state index in [4.69, 9.17) is 4.74 Å². The quantitative estimate of drug-likeness (QED) is 0.797. The summed E-state index contributed by atoms with van der Waals surface area (Å²) < 4.78 is 7.41. The number of hydrogen-bond donors (Lipinski definition) is 1. The molecule has 0 aromatic carbocycles. The summed E-state index contributed by atoms with van der Waals surface area (Å²) in [5.41, 5.74) is 0. The maximum Gasteiger partial charge on any atom is 0.140 e. The Morgan fingerprint density at radius 3 is 3.11 bits per heavy atom. The van der Waals surface area contributed by atoms with Crippen LogP contribution < -0.4 is 5.32 Å². The van der Waals surface area contributed by atoms with Gasteiger partial charge in [0.15, 0.2) is 0 Å². The lowest BCUT2D eigenvalue weighted by molar-refractivity contribution is -0.123. The van der Waals surface area contributed by atoms with E-state index >= 15 is 0 Å². The lowest BCUT2D eigenvalue weighted by atomic mass is 9.95. The van der Waals surface area contributed by atoms with Crippen LogP contribution in [0.3, 0.4) is 0 Å². The molecule has 1 N–H and O–H groups in total. The second-order valence-electron chi connectivity index (χ2n) is 5.13. The zero-order chi connectivity index (χ0) is 13.7. The van der Waals surface area contributed by atoms with Gasteiger partial charge in [-0.05, 0) is 13.0 Å². The van der Waals surface area contributed by atoms with Crippen LogP contribution in [-0.2, 0) is 23.0 Å². The van der Waals surface area contributed by atoms with Crippen LogP contribution in [-0.4, -0.2) is 41.1 Å². The highest BCUT2D eigenvalue weighted by atomic mass is 16.5. The second kappa shape index (κ2) is 6.82. The molecule has 0 amide bonds. The van der Waals surface area contributed by atoms with Crippen LogP contribution in [0.5, 0.6) is 0 Å². The monoisotopic (exact) mass is 265 g/mol. The number of aryl methyl sites for hydroxylation is 2. The van der Waals surface area contributed by atoms with Crippen molar-refractivity contribution in [3.63, 3.8) is 0 Å². The van der Waals surface area contributed by atoms with Gasteiger partial charge in [-0.15, -0.1) is 0 Å². The van der Waals surface area contributed by atoms with Crippen molar-refractivity contribution < 1.29 is 9.53 Å². The number of carbonyl (C=O) groups excluding carboxylic acids is 1. The Morgan fingerprint density at radius 2 is 2.42 bits per heavy atom. The second-order valence-corrected chi connectivity index (χ2v) is 5.13. The van der Waals surface area contributed by atoms with Gasteiger partial charge in [-0.25, -0.2) is 4.98 Å². The summed E-state index contributed by atoms with van der Waals surface area (Å²) in [6.45, 7) is 4.28. The van der Waals surface area contributed by atoms with Crippen molar-refractivity contribution in [2.75, 3.05) is 19.8 Å². The normalized spacial score (nSPS) is 22.8. The van der Waals surface area contributed by atoms with Gasteiger partial charge >= 0.3 is 0 Å². The molecule has 5 nitrogen and oxygen atoms in total. The maximum absolute atomic E-state index is 12.3. The lowest BCUT2D eigenvalue weighted by Gasteiger charge is -2.17. The molecule has 0 saturated carbocycles. The van der Waals surface area contributed by atoms with E-state index < -0.39 is 0 Å². The predicted octanol–water partition coefficient (Wildman–Crippen LogP) is 0.936. The van der Waals surface area contributed by atoms with Crippen molar-refractivity contribution in [2.45, 2.75) is 32.2 Å². The number of rotatable bonds is 7. The third-order valence-electron chi connectivity index (χ3n) is 3.67. The molecule has 106 valence electrons. The first kappa shape index (κ1) is 14.2. The highest BCUT2D eigenvalue weighted by Crippen LogP contribution is 2.17. The zero-order valence-corrected chi connectivity index (χ0v) is 11.8. The van der Waals surface area contributed by atoms with Crippen molar-refractivity contribution >= 4 is 5.78 Å². The van der Waals surface area contributed by atoms with Crippen molar-refractivity contribution in [2.24, 2.45) is 13.0 Å². The van der Waals surface area contributed by atoms with E-state index in [2.05, 4.69) is 17.2 Å². The van der Waals surface area contributed by atoms with Crippen molar-refractivity contribution in [1.29, 1.82) is 0 Å². The average Bonchev–Trinajstić information content (AvgIpc) is 3.02. The summed E-state index contributed by atoms with van der Waals surface area (Å²) in [6.07, 6.45) is 6.00. The smallest absolute Gasteiger partial charge is 0.140 e. The molecule has 1 aliphatic heterocycles. The van der Waals surface area contributed by atoms with Gasteiger partial charge in [0.25, 0.3) is 0 Å². The number of ketones is 1. The summed E-state index contributed by atoms with van der Waals surface area (Å²) in [6, 6.07) is 0.189. The highest BCUT2D eigenvalue weighted by molar-refractivity contribution is 5.82. The molecule has 5 heteroatoms. The summed E-state index contributed by atoms with van der Waals surface area (Å²) in [5.74, 6) is 1.26. The van der Waals surface area contributed by atoms with Gasteiger partial charge in [-0.1, -0.05) is 6.92 Å². The largest absolute Gasteiger partial charge is 0.379 e. The maximum atomic E-state index is 12.3. The van der Waals surface area contributed by atoms with Crippen LogP contribution in [0.15, 0.2) is 12.4 Å². The fourth-order valence-corrected chi connectivity index (χ4v) is 2.46. The molecule has 2 rings (SSSR count). The molecule has 1 aromatic heterocycles. The van der Waals surface area contributed by atoms with Crippen LogP contribution in [0.25, 0.3) is 0 Å². The van der Waals surface area contributed by atoms with Gasteiger partial charge in [0, 0.05) is 38.3 Å². The molecule has 2 atom stereocenters. The van der Waals surface area contributed by atoms with E-state index in [1.807, 2.05) is 17.8 Å². The molecular weight excluding hydrogens is 242 g/mol. The number of ether oxygens (including phenoxy) is 1. The van der Waals surface area contributed by atoms with Gasteiger partial charge in [0.1, 0.15) is 11.6 Å². The molecule has 0 radical (unpaired) electrons. The average molecular weight is 265 g/mol. The van der Waals surface area contributed by atoms with Gasteiger partial charge < -0.3 is 14.6 Å². The Kier molecular flexibility index (Phi) is 5.10. The van der Waals surface area contributed by atoms with Crippen LogP contribution in [0.4, 0.5) is 0 Å². The minimum absolute atomic E-state index is 0.00631. The number of aromatic nitrogens is 2. The van der Waals surface area contributed by atoms with Crippen LogP contribution >= 0.6 is 0 Å². The van der Waals surface area contributed by atoms with E-state index in [0.29, 0.717) is 26.1 Å². The van der Waals surface area contributed by atoms with Crippen LogP contribution in [0.1, 0.15) is 25.6 Å². The van der Waals surface area contributed by atoms with Gasteiger partial charge in [0.05, 0.1) is 19.1 Å². The summed E-state index contributed by atoms with van der Waals surface area (Å²) >= 11 is 0. The molecule has 0 bridgehead atoms. The molecule has 1 aromatic rings. The summed E-state index contributed by atoms with van der Waals surface area (Å²) in [7, 11) is 1.96. The van der Waals surface area contributed by atoms with Crippen molar-refractivity contribution in [1.82, 2.24) is 14.9 Å². The molecule has 1 saturated heterocycles. The van der Waals surface area contributed by atoms with Crippen molar-refractivity contribution in [3.05, 3.63) is 18.2 Å². The number of Topliss-reactive ketones (excluding diaryl/α,β-unsaturated/α-hetero) is 1. The number of nitrogens with zero attached hydrogens (tertiary/aromatic N) is 2. The SMILES string of the molecule is CCCNC1COCC1C(=O)CCc1nccn1C. The molecule has 0 aliphatic carbocycles. The van der Waals surface area contributed by atoms with E-state index in [9.17, 15) is 4.79 Å². The fourth-order valence-electron chi connectivity index (χ4n) is 2.46. The standard InChI is InChI=1S/C14H23N3O2/c1-3-6-15-12-10-19-9-11(12)13(18)4-5-14-16-7-8-17(14)2/h7-8,11-12,15H,3-6,9-10H2,1-2H3. The van der Waals surface area contributed by atoms with E-state index in [1.165, 1.54) is 0 Å². The third kappa shape index (κ3) is 3.64. The molecule has 1 aliphatic rings. The number of carbonyl (C=O) groups is 1. The summed E-state index contributed by atoms with van der Waals surface area (Å²) in [5, 5.41) is 3.40. The van der Waals surface area contributed by atoms with Gasteiger partial charge in [0.2, 0.25) is 0 Å². The Balaban J connectivity index is 1.83. The lowest BCUT2D eigenvalue weighted by Crippen LogP contribution is -2.39. The van der Waals surface area contributed by atoms with Crippen molar-refractivity contribution in [3.8, 4) is 0 Å². The van der Waals surface area contributed by atoms with Crippen LogP contribution in [0.2, 0.25) is 0 Å². The van der Waals surface area contributed by atoms with Gasteiger partial charge in [-0.3, -0.25) is 4.79 Å². The minimum atomic E-state index is 0.00631. The van der Waals surface area contributed by atoms with Gasteiger partial charge in [-0.2, -0.15) is 0 Å². The first-order valence-corrected chi connectivity index (χ1v) is 7.02. The topological polar surface area (TPSA) is 56.1 Å². The molecule has 2 unspecified atom stereocenters. The first-order chi connectivity index (χ1) is 9.22. The van der Waals surface area contributed by atoms with E-state index in [0.717, 1.165) is 18.8 Å². The molecule has 0 spiro atoms. The predicted molar refractivity (Wildman–Crippen MR) is 72.9 cm³/mol. The number of imidazole rings is 1.